The first kappa shape index (κ1) is 22.7. The molecule has 9 nitrogen and oxygen atoms in total. The Bertz CT molecular complexity index is 1250. The second-order valence-electron chi connectivity index (χ2n) is 7.31. The molecule has 1 atom stereocenters. The summed E-state index contributed by atoms with van der Waals surface area (Å²) in [5.41, 5.74) is 0.0928. The molecule has 3 aromatic rings. The van der Waals surface area contributed by atoms with Crippen LogP contribution in [0.2, 0.25) is 0 Å². The molecule has 2 aromatic heterocycles. The molecule has 1 aromatic carbocycles. The zero-order chi connectivity index (χ0) is 23.8. The van der Waals surface area contributed by atoms with Gasteiger partial charge < -0.3 is 10.1 Å². The minimum absolute atomic E-state index is 0.0437. The van der Waals surface area contributed by atoms with Gasteiger partial charge >= 0.3 is 6.36 Å². The van der Waals surface area contributed by atoms with Crippen LogP contribution in [0.4, 0.5) is 13.2 Å². The second kappa shape index (κ2) is 8.78. The summed E-state index contributed by atoms with van der Waals surface area (Å²) in [5.74, 6) is 0.288. The molecule has 1 fully saturated rings. The van der Waals surface area contributed by atoms with E-state index in [1.807, 2.05) is 6.07 Å². The van der Waals surface area contributed by atoms with Gasteiger partial charge in [0.25, 0.3) is 5.91 Å². The van der Waals surface area contributed by atoms with E-state index in [-0.39, 0.29) is 21.6 Å². The molecule has 1 amide bonds. The van der Waals surface area contributed by atoms with Crippen molar-refractivity contribution in [1.29, 1.82) is 5.26 Å². The molecule has 0 spiro atoms. The molecule has 1 unspecified atom stereocenters. The molecule has 0 bridgehead atoms. The van der Waals surface area contributed by atoms with Crippen molar-refractivity contribution in [3.8, 4) is 17.6 Å². The number of nitriles is 1. The maximum atomic E-state index is 12.8. The quantitative estimate of drug-likeness (QED) is 0.521. The third kappa shape index (κ3) is 5.46. The lowest BCUT2D eigenvalue weighted by Gasteiger charge is -2.15. The number of rotatable bonds is 6. The zero-order valence-electron chi connectivity index (χ0n) is 17.0. The van der Waals surface area contributed by atoms with Gasteiger partial charge in [-0.25, -0.2) is 15.0 Å². The Balaban J connectivity index is 1.62. The van der Waals surface area contributed by atoms with E-state index >= 15 is 0 Å². The fraction of sp³-hybridized carbons (Fsp3) is 0.300. The molecule has 0 radical (unpaired) electrons. The standard InChI is InChI=1S/C20H15BrF3N7O2/c1-10(28-19(32)12-4-13(21)6-15(5-12)33-20(22,23)24)18-29-17(11-2-3-11)30-31(18)16-7-14(8-25)26-9-27-16/h4-7,9-11H,2-3H2,1H3,(H,28,32). The van der Waals surface area contributed by atoms with Crippen molar-refractivity contribution in [3.05, 3.63) is 58.0 Å². The number of carbonyl (C=O) groups excluding carboxylic acids is 1. The highest BCUT2D eigenvalue weighted by Crippen LogP contribution is 2.38. The van der Waals surface area contributed by atoms with Crippen LogP contribution in [0.15, 0.2) is 35.1 Å². The van der Waals surface area contributed by atoms with Crippen LogP contribution >= 0.6 is 15.9 Å². The number of alkyl halides is 3. The zero-order valence-corrected chi connectivity index (χ0v) is 18.6. The van der Waals surface area contributed by atoms with Crippen molar-refractivity contribution in [1.82, 2.24) is 30.0 Å². The summed E-state index contributed by atoms with van der Waals surface area (Å²) >= 11 is 3.09. The highest BCUT2D eigenvalue weighted by atomic mass is 79.9. The third-order valence-electron chi connectivity index (χ3n) is 4.68. The highest BCUT2D eigenvalue weighted by molar-refractivity contribution is 9.10. The van der Waals surface area contributed by atoms with E-state index in [2.05, 4.69) is 46.0 Å². The lowest BCUT2D eigenvalue weighted by Crippen LogP contribution is -2.29. The molecule has 1 aliphatic carbocycles. The first-order valence-electron chi connectivity index (χ1n) is 9.69. The van der Waals surface area contributed by atoms with Gasteiger partial charge in [-0.15, -0.1) is 18.3 Å². The SMILES string of the molecule is CC(NC(=O)c1cc(Br)cc(OC(F)(F)F)c1)c1nc(C2CC2)nn1-c1cc(C#N)ncn1. The van der Waals surface area contributed by atoms with Crippen LogP contribution in [0, 0.1) is 11.3 Å². The normalized spacial score (nSPS) is 14.4. The highest BCUT2D eigenvalue weighted by Gasteiger charge is 2.32. The van der Waals surface area contributed by atoms with Gasteiger partial charge in [0.05, 0.1) is 6.04 Å². The summed E-state index contributed by atoms with van der Waals surface area (Å²) in [4.78, 5) is 25.3. The number of hydrogen-bond acceptors (Lipinski definition) is 7. The molecule has 170 valence electrons. The number of benzene rings is 1. The predicted octanol–water partition coefficient (Wildman–Crippen LogP) is 3.96. The Morgan fingerprint density at radius 3 is 2.73 bits per heavy atom. The van der Waals surface area contributed by atoms with E-state index in [1.54, 1.807) is 6.92 Å². The van der Waals surface area contributed by atoms with Crippen molar-refractivity contribution in [2.75, 3.05) is 0 Å². The number of halogens is 4. The van der Waals surface area contributed by atoms with Gasteiger partial charge in [-0.1, -0.05) is 15.9 Å². The molecule has 2 heterocycles. The first-order valence-corrected chi connectivity index (χ1v) is 10.5. The molecule has 13 heteroatoms. The summed E-state index contributed by atoms with van der Waals surface area (Å²) in [6.07, 6.45) is -1.78. The molecular weight excluding hydrogens is 507 g/mol. The van der Waals surface area contributed by atoms with Crippen molar-refractivity contribution in [3.63, 3.8) is 0 Å². The Hall–Kier alpha value is -3.53. The molecule has 1 N–H and O–H groups in total. The number of ether oxygens (including phenoxy) is 1. The van der Waals surface area contributed by atoms with Crippen LogP contribution in [0.3, 0.4) is 0 Å². The fourth-order valence-corrected chi connectivity index (χ4v) is 3.53. The average molecular weight is 522 g/mol. The average Bonchev–Trinajstić information content (AvgIpc) is 3.50. The van der Waals surface area contributed by atoms with Crippen LogP contribution < -0.4 is 10.1 Å². The monoisotopic (exact) mass is 521 g/mol. The van der Waals surface area contributed by atoms with Crippen LogP contribution in [0.5, 0.6) is 5.75 Å². The largest absolute Gasteiger partial charge is 0.573 e. The Kier molecular flexibility index (Phi) is 6.03. The fourth-order valence-electron chi connectivity index (χ4n) is 3.06. The number of nitrogens with one attached hydrogen (secondary N) is 1. The lowest BCUT2D eigenvalue weighted by molar-refractivity contribution is -0.274. The molecule has 1 aliphatic rings. The van der Waals surface area contributed by atoms with Gasteiger partial charge in [-0.3, -0.25) is 4.79 Å². The maximum Gasteiger partial charge on any atom is 0.573 e. The maximum absolute atomic E-state index is 12.8. The molecule has 0 aliphatic heterocycles. The smallest absolute Gasteiger partial charge is 0.406 e. The Labute approximate surface area is 193 Å². The van der Waals surface area contributed by atoms with Gasteiger partial charge in [0.2, 0.25) is 0 Å². The first-order chi connectivity index (χ1) is 15.6. The van der Waals surface area contributed by atoms with Crippen LogP contribution in [0.1, 0.15) is 59.4 Å². The third-order valence-corrected chi connectivity index (χ3v) is 5.14. The van der Waals surface area contributed by atoms with Crippen molar-refractivity contribution < 1.29 is 22.7 Å². The summed E-state index contributed by atoms with van der Waals surface area (Å²) < 4.78 is 43.3. The topological polar surface area (TPSA) is 119 Å². The van der Waals surface area contributed by atoms with Gasteiger partial charge in [-0.05, 0) is 38.0 Å². The minimum atomic E-state index is -4.89. The summed E-state index contributed by atoms with van der Waals surface area (Å²) in [5, 5.41) is 16.3. The van der Waals surface area contributed by atoms with Crippen LogP contribution in [-0.2, 0) is 0 Å². The summed E-state index contributed by atoms with van der Waals surface area (Å²) in [6, 6.07) is 6.15. The molecular formula is C20H15BrF3N7O2. The number of amides is 1. The number of aromatic nitrogens is 5. The van der Waals surface area contributed by atoms with Gasteiger partial charge in [0, 0.05) is 22.0 Å². The molecule has 0 saturated heterocycles. The van der Waals surface area contributed by atoms with Gasteiger partial charge in [0.1, 0.15) is 23.8 Å². The molecule has 33 heavy (non-hydrogen) atoms. The molecule has 1 saturated carbocycles. The van der Waals surface area contributed by atoms with E-state index in [0.29, 0.717) is 17.5 Å². The van der Waals surface area contributed by atoms with Crippen molar-refractivity contribution in [2.45, 2.75) is 38.1 Å². The van der Waals surface area contributed by atoms with E-state index in [9.17, 15) is 18.0 Å². The Morgan fingerprint density at radius 2 is 2.06 bits per heavy atom. The van der Waals surface area contributed by atoms with E-state index < -0.39 is 24.1 Å². The molecule has 4 rings (SSSR count). The summed E-state index contributed by atoms with van der Waals surface area (Å²) in [6.45, 7) is 1.66. The minimum Gasteiger partial charge on any atom is -0.406 e. The van der Waals surface area contributed by atoms with E-state index in [1.165, 1.54) is 23.1 Å². The van der Waals surface area contributed by atoms with Crippen LogP contribution in [-0.4, -0.2) is 37.0 Å². The van der Waals surface area contributed by atoms with Crippen molar-refractivity contribution in [2.24, 2.45) is 0 Å². The van der Waals surface area contributed by atoms with Crippen LogP contribution in [0.25, 0.3) is 5.82 Å². The number of nitrogens with zero attached hydrogens (tertiary/aromatic N) is 6. The number of hydrogen-bond donors (Lipinski definition) is 1. The van der Waals surface area contributed by atoms with Gasteiger partial charge in [-0.2, -0.15) is 9.94 Å². The summed E-state index contributed by atoms with van der Waals surface area (Å²) in [7, 11) is 0. The lowest BCUT2D eigenvalue weighted by atomic mass is 10.2. The Morgan fingerprint density at radius 1 is 1.30 bits per heavy atom. The predicted molar refractivity (Wildman–Crippen MR) is 110 cm³/mol. The van der Waals surface area contributed by atoms with Gasteiger partial charge in [0.15, 0.2) is 17.5 Å². The second-order valence-corrected chi connectivity index (χ2v) is 8.22. The van der Waals surface area contributed by atoms with Crippen molar-refractivity contribution >= 4 is 21.8 Å². The van der Waals surface area contributed by atoms with E-state index in [4.69, 9.17) is 5.26 Å². The number of carbonyl (C=O) groups is 1. The van der Waals surface area contributed by atoms with E-state index in [0.717, 1.165) is 25.0 Å².